The molecule has 4 nitrogen and oxygen atoms in total. The Kier molecular flexibility index (Phi) is 5.62. The maximum absolute atomic E-state index is 11.8. The van der Waals surface area contributed by atoms with E-state index in [1.807, 2.05) is 36.4 Å². The predicted octanol–water partition coefficient (Wildman–Crippen LogP) is 2.47. The second kappa shape index (κ2) is 8.08. The van der Waals surface area contributed by atoms with Crippen LogP contribution in [0.3, 0.4) is 0 Å². The van der Waals surface area contributed by atoms with E-state index >= 15 is 0 Å². The van der Waals surface area contributed by atoms with Crippen LogP contribution >= 0.6 is 0 Å². The number of primary amides is 1. The number of benzene rings is 2. The molecule has 2 aromatic rings. The Morgan fingerprint density at radius 2 is 1.62 bits per heavy atom. The van der Waals surface area contributed by atoms with E-state index in [0.717, 1.165) is 38.0 Å². The van der Waals surface area contributed by atoms with Crippen LogP contribution in [0.4, 0.5) is 0 Å². The van der Waals surface area contributed by atoms with E-state index in [9.17, 15) is 4.79 Å². The van der Waals surface area contributed by atoms with Gasteiger partial charge in [-0.05, 0) is 37.1 Å². The second-order valence-electron chi connectivity index (χ2n) is 6.45. The number of nitrogens with two attached hydrogens (primary N) is 1. The third-order valence-corrected chi connectivity index (χ3v) is 4.66. The van der Waals surface area contributed by atoms with Crippen molar-refractivity contribution in [2.24, 2.45) is 5.73 Å². The maximum atomic E-state index is 11.8. The molecule has 3 rings (SSSR count). The third kappa shape index (κ3) is 4.43. The van der Waals surface area contributed by atoms with Crippen LogP contribution < -0.4 is 11.1 Å². The van der Waals surface area contributed by atoms with Gasteiger partial charge in [-0.15, -0.1) is 0 Å². The molecule has 1 aliphatic rings. The summed E-state index contributed by atoms with van der Waals surface area (Å²) in [6.45, 7) is 3.06. The van der Waals surface area contributed by atoms with Gasteiger partial charge in [0, 0.05) is 12.6 Å². The number of piperidine rings is 1. The number of likely N-dealkylation sites (tertiary alicyclic amines) is 1. The molecule has 0 bridgehead atoms. The minimum absolute atomic E-state index is 0.312. The van der Waals surface area contributed by atoms with Crippen molar-refractivity contribution in [3.63, 3.8) is 0 Å². The molecule has 1 fully saturated rings. The molecule has 1 amide bonds. The number of nitrogens with one attached hydrogen (secondary N) is 1. The molecule has 0 aromatic heterocycles. The first-order valence-corrected chi connectivity index (χ1v) is 8.59. The average Bonchev–Trinajstić information content (AvgIpc) is 2.62. The Balaban J connectivity index is 1.53. The van der Waals surface area contributed by atoms with Crippen molar-refractivity contribution in [2.75, 3.05) is 13.1 Å². The Morgan fingerprint density at radius 3 is 2.21 bits per heavy atom. The zero-order valence-corrected chi connectivity index (χ0v) is 13.9. The quantitative estimate of drug-likeness (QED) is 0.858. The first-order chi connectivity index (χ1) is 11.7. The van der Waals surface area contributed by atoms with Gasteiger partial charge in [-0.1, -0.05) is 60.7 Å². The average molecular weight is 323 g/mol. The summed E-state index contributed by atoms with van der Waals surface area (Å²) >= 11 is 0. The topological polar surface area (TPSA) is 58.4 Å². The molecule has 1 heterocycles. The molecule has 1 atom stereocenters. The van der Waals surface area contributed by atoms with Crippen molar-refractivity contribution in [2.45, 2.75) is 31.5 Å². The summed E-state index contributed by atoms with van der Waals surface area (Å²) in [4.78, 5) is 14.3. The van der Waals surface area contributed by atoms with E-state index in [0.29, 0.717) is 6.04 Å². The minimum atomic E-state index is -0.406. The van der Waals surface area contributed by atoms with Gasteiger partial charge < -0.3 is 5.73 Å². The van der Waals surface area contributed by atoms with Gasteiger partial charge in [0.15, 0.2) is 0 Å². The highest BCUT2D eigenvalue weighted by molar-refractivity contribution is 5.81. The van der Waals surface area contributed by atoms with Gasteiger partial charge in [0.25, 0.3) is 0 Å². The van der Waals surface area contributed by atoms with Crippen LogP contribution in [-0.2, 0) is 11.3 Å². The first-order valence-electron chi connectivity index (χ1n) is 8.59. The summed E-state index contributed by atoms with van der Waals surface area (Å²) < 4.78 is 0. The lowest BCUT2D eigenvalue weighted by Crippen LogP contribution is -2.46. The number of carbonyl (C=O) groups excluding carboxylic acids is 1. The molecule has 0 saturated carbocycles. The van der Waals surface area contributed by atoms with E-state index in [1.54, 1.807) is 0 Å². The molecular formula is C20H25N3O. The van der Waals surface area contributed by atoms with Crippen LogP contribution in [0.15, 0.2) is 60.7 Å². The largest absolute Gasteiger partial charge is 0.368 e. The summed E-state index contributed by atoms with van der Waals surface area (Å²) in [5, 5.41) is 3.45. The Labute approximate surface area is 143 Å². The highest BCUT2D eigenvalue weighted by Gasteiger charge is 2.25. The van der Waals surface area contributed by atoms with Gasteiger partial charge in [0.05, 0.1) is 0 Å². The van der Waals surface area contributed by atoms with Crippen molar-refractivity contribution >= 4 is 5.91 Å². The molecule has 0 aliphatic carbocycles. The standard InChI is InChI=1S/C20H25N3O/c21-20(24)19(17-9-5-2-6-10-17)22-18-11-13-23(14-12-18)15-16-7-3-1-4-8-16/h1-10,18-19,22H,11-15H2,(H2,21,24)/t19-/m0/s1. The van der Waals surface area contributed by atoms with Gasteiger partial charge in [-0.2, -0.15) is 0 Å². The molecule has 1 aliphatic heterocycles. The van der Waals surface area contributed by atoms with Crippen LogP contribution in [0.1, 0.15) is 30.0 Å². The van der Waals surface area contributed by atoms with Crippen LogP contribution in [-0.4, -0.2) is 29.9 Å². The van der Waals surface area contributed by atoms with Gasteiger partial charge in [-0.3, -0.25) is 15.0 Å². The smallest absolute Gasteiger partial charge is 0.239 e. The monoisotopic (exact) mass is 323 g/mol. The van der Waals surface area contributed by atoms with E-state index in [-0.39, 0.29) is 5.91 Å². The summed E-state index contributed by atoms with van der Waals surface area (Å²) in [5.74, 6) is -0.312. The summed E-state index contributed by atoms with van der Waals surface area (Å²) in [5.41, 5.74) is 7.90. The Bertz CT molecular complexity index is 636. The van der Waals surface area contributed by atoms with Gasteiger partial charge in [0.1, 0.15) is 6.04 Å². The fraction of sp³-hybridized carbons (Fsp3) is 0.350. The lowest BCUT2D eigenvalue weighted by atomic mass is 10.00. The lowest BCUT2D eigenvalue weighted by molar-refractivity contribution is -0.120. The van der Waals surface area contributed by atoms with Crippen molar-refractivity contribution < 1.29 is 4.79 Å². The number of nitrogens with zero attached hydrogens (tertiary/aromatic N) is 1. The zero-order chi connectivity index (χ0) is 16.8. The molecule has 0 unspecified atom stereocenters. The van der Waals surface area contributed by atoms with Gasteiger partial charge >= 0.3 is 0 Å². The van der Waals surface area contributed by atoms with Gasteiger partial charge in [-0.25, -0.2) is 0 Å². The normalized spacial score (nSPS) is 17.5. The molecule has 1 saturated heterocycles. The molecular weight excluding hydrogens is 298 g/mol. The molecule has 24 heavy (non-hydrogen) atoms. The SMILES string of the molecule is NC(=O)[C@@H](NC1CCN(Cc2ccccc2)CC1)c1ccccc1. The van der Waals surface area contributed by atoms with Crippen LogP contribution in [0.25, 0.3) is 0 Å². The number of rotatable bonds is 6. The van der Waals surface area contributed by atoms with E-state index in [2.05, 4.69) is 34.5 Å². The minimum Gasteiger partial charge on any atom is -0.368 e. The second-order valence-corrected chi connectivity index (χ2v) is 6.45. The molecule has 2 aromatic carbocycles. The highest BCUT2D eigenvalue weighted by Crippen LogP contribution is 2.19. The Hall–Kier alpha value is -2.17. The molecule has 4 heteroatoms. The van der Waals surface area contributed by atoms with Crippen molar-refractivity contribution in [3.05, 3.63) is 71.8 Å². The number of amides is 1. The maximum Gasteiger partial charge on any atom is 0.239 e. The molecule has 126 valence electrons. The molecule has 0 spiro atoms. The zero-order valence-electron chi connectivity index (χ0n) is 13.9. The van der Waals surface area contributed by atoms with Crippen molar-refractivity contribution in [1.29, 1.82) is 0 Å². The van der Waals surface area contributed by atoms with Crippen molar-refractivity contribution in [1.82, 2.24) is 10.2 Å². The summed E-state index contributed by atoms with van der Waals surface area (Å²) in [6, 6.07) is 20.2. The van der Waals surface area contributed by atoms with Crippen LogP contribution in [0, 0.1) is 0 Å². The van der Waals surface area contributed by atoms with E-state index in [4.69, 9.17) is 5.73 Å². The number of hydrogen-bond acceptors (Lipinski definition) is 3. The van der Waals surface area contributed by atoms with Crippen LogP contribution in [0.2, 0.25) is 0 Å². The fourth-order valence-electron chi connectivity index (χ4n) is 3.32. The molecule has 3 N–H and O–H groups in total. The summed E-state index contributed by atoms with van der Waals surface area (Å²) in [6.07, 6.45) is 2.06. The van der Waals surface area contributed by atoms with E-state index in [1.165, 1.54) is 5.56 Å². The molecule has 0 radical (unpaired) electrons. The van der Waals surface area contributed by atoms with E-state index < -0.39 is 6.04 Å². The Morgan fingerprint density at radius 1 is 1.04 bits per heavy atom. The number of hydrogen-bond donors (Lipinski definition) is 2. The fourth-order valence-corrected chi connectivity index (χ4v) is 3.32. The summed E-state index contributed by atoms with van der Waals surface area (Å²) in [7, 11) is 0. The first kappa shape index (κ1) is 16.7. The number of carbonyl (C=O) groups is 1. The van der Waals surface area contributed by atoms with Gasteiger partial charge in [0.2, 0.25) is 5.91 Å². The lowest BCUT2D eigenvalue weighted by Gasteiger charge is -2.34. The van der Waals surface area contributed by atoms with Crippen LogP contribution in [0.5, 0.6) is 0 Å². The third-order valence-electron chi connectivity index (χ3n) is 4.66. The predicted molar refractivity (Wildman–Crippen MR) is 96.3 cm³/mol. The van der Waals surface area contributed by atoms with Crippen molar-refractivity contribution in [3.8, 4) is 0 Å². The highest BCUT2D eigenvalue weighted by atomic mass is 16.1.